The first-order valence-corrected chi connectivity index (χ1v) is 7.44. The van der Waals surface area contributed by atoms with Crippen molar-refractivity contribution in [3.8, 4) is 11.3 Å². The Balaban J connectivity index is 2.18. The molecule has 3 nitrogen and oxygen atoms in total. The molecule has 0 aliphatic carbocycles. The van der Waals surface area contributed by atoms with Gasteiger partial charge >= 0.3 is 0 Å². The Morgan fingerprint density at radius 2 is 1.71 bits per heavy atom. The van der Waals surface area contributed by atoms with E-state index in [1.807, 2.05) is 0 Å². The number of imidazole rings is 1. The summed E-state index contributed by atoms with van der Waals surface area (Å²) in [5.74, 6) is 0. The Morgan fingerprint density at radius 3 is 2.43 bits per heavy atom. The number of aromatic nitrogens is 2. The van der Waals surface area contributed by atoms with Crippen molar-refractivity contribution in [3.05, 3.63) is 59.4 Å². The molecule has 0 saturated heterocycles. The van der Waals surface area contributed by atoms with E-state index in [-0.39, 0.29) is 0 Å². The molecule has 0 fully saturated rings. The van der Waals surface area contributed by atoms with Gasteiger partial charge in [0.2, 0.25) is 0 Å². The van der Waals surface area contributed by atoms with E-state index in [1.54, 1.807) is 0 Å². The van der Waals surface area contributed by atoms with Crippen LogP contribution in [0, 0.1) is 13.8 Å². The fourth-order valence-corrected chi connectivity index (χ4v) is 2.55. The minimum atomic E-state index is 0.824. The van der Waals surface area contributed by atoms with Gasteiger partial charge in [-0.2, -0.15) is 0 Å². The molecule has 0 amide bonds. The van der Waals surface area contributed by atoms with E-state index < -0.39 is 0 Å². The molecule has 3 rings (SSSR count). The second-order valence-electron chi connectivity index (χ2n) is 5.49. The summed E-state index contributed by atoms with van der Waals surface area (Å²) in [5, 5.41) is 3.42. The highest BCUT2D eigenvalue weighted by Gasteiger charge is 2.13. The molecule has 21 heavy (non-hydrogen) atoms. The zero-order valence-electron chi connectivity index (χ0n) is 12.9. The molecule has 2 aromatic heterocycles. The normalized spacial score (nSPS) is 11.2. The quantitative estimate of drug-likeness (QED) is 0.788. The van der Waals surface area contributed by atoms with Gasteiger partial charge in [-0.05, 0) is 32.0 Å². The van der Waals surface area contributed by atoms with Crippen molar-refractivity contribution in [1.82, 2.24) is 14.7 Å². The maximum absolute atomic E-state index is 4.83. The minimum Gasteiger partial charge on any atom is -0.311 e. The number of hydrogen-bond acceptors (Lipinski definition) is 2. The van der Waals surface area contributed by atoms with Crippen molar-refractivity contribution in [3.63, 3.8) is 0 Å². The van der Waals surface area contributed by atoms with Crippen molar-refractivity contribution >= 4 is 5.65 Å². The molecule has 0 saturated carbocycles. The first kappa shape index (κ1) is 13.8. The third kappa shape index (κ3) is 2.69. The number of aryl methyl sites for hydroxylation is 2. The molecule has 0 bridgehead atoms. The number of hydrogen-bond donors (Lipinski definition) is 1. The average molecular weight is 279 g/mol. The van der Waals surface area contributed by atoms with Gasteiger partial charge in [-0.15, -0.1) is 0 Å². The SMILES string of the molecule is CCNCc1c(-c2ccc(C)cc2)nc2ccc(C)cn12. The summed E-state index contributed by atoms with van der Waals surface area (Å²) in [5.41, 5.74) is 6.99. The number of pyridine rings is 1. The van der Waals surface area contributed by atoms with Crippen molar-refractivity contribution in [2.45, 2.75) is 27.3 Å². The van der Waals surface area contributed by atoms with Crippen LogP contribution in [0.2, 0.25) is 0 Å². The zero-order chi connectivity index (χ0) is 14.8. The van der Waals surface area contributed by atoms with Crippen molar-refractivity contribution in [2.24, 2.45) is 0 Å². The molecule has 2 heterocycles. The summed E-state index contributed by atoms with van der Waals surface area (Å²) in [4.78, 5) is 4.83. The van der Waals surface area contributed by atoms with E-state index in [4.69, 9.17) is 4.98 Å². The van der Waals surface area contributed by atoms with Crippen LogP contribution < -0.4 is 5.32 Å². The molecule has 3 heteroatoms. The smallest absolute Gasteiger partial charge is 0.137 e. The number of rotatable bonds is 4. The van der Waals surface area contributed by atoms with Crippen LogP contribution in [0.5, 0.6) is 0 Å². The maximum Gasteiger partial charge on any atom is 0.137 e. The summed E-state index contributed by atoms with van der Waals surface area (Å²) in [6, 6.07) is 12.8. The third-order valence-corrected chi connectivity index (χ3v) is 3.73. The number of nitrogens with one attached hydrogen (secondary N) is 1. The molecule has 0 aliphatic heterocycles. The standard InChI is InChI=1S/C18H21N3/c1-4-19-11-16-18(15-8-5-13(2)6-9-15)20-17-10-7-14(3)12-21(16)17/h5-10,12,19H,4,11H2,1-3H3. The van der Waals surface area contributed by atoms with Crippen molar-refractivity contribution in [1.29, 1.82) is 0 Å². The molecule has 0 spiro atoms. The molecule has 3 aromatic rings. The third-order valence-electron chi connectivity index (χ3n) is 3.73. The lowest BCUT2D eigenvalue weighted by molar-refractivity contribution is 0.706. The minimum absolute atomic E-state index is 0.824. The van der Waals surface area contributed by atoms with E-state index in [0.29, 0.717) is 0 Å². The van der Waals surface area contributed by atoms with Crippen LogP contribution in [-0.2, 0) is 6.54 Å². The molecule has 0 aliphatic rings. The van der Waals surface area contributed by atoms with Gasteiger partial charge < -0.3 is 9.72 Å². The molecule has 1 aromatic carbocycles. The fraction of sp³-hybridized carbons (Fsp3) is 0.278. The van der Waals surface area contributed by atoms with E-state index in [9.17, 15) is 0 Å². The van der Waals surface area contributed by atoms with Gasteiger partial charge in [0.1, 0.15) is 5.65 Å². The predicted molar refractivity (Wildman–Crippen MR) is 87.5 cm³/mol. The molecule has 0 unspecified atom stereocenters. The second-order valence-corrected chi connectivity index (χ2v) is 5.49. The van der Waals surface area contributed by atoms with E-state index in [2.05, 4.69) is 73.1 Å². The van der Waals surface area contributed by atoms with Crippen LogP contribution in [0.25, 0.3) is 16.9 Å². The summed E-state index contributed by atoms with van der Waals surface area (Å²) >= 11 is 0. The first-order valence-electron chi connectivity index (χ1n) is 7.44. The highest BCUT2D eigenvalue weighted by atomic mass is 15.0. The molecular formula is C18H21N3. The van der Waals surface area contributed by atoms with Gasteiger partial charge in [-0.3, -0.25) is 0 Å². The van der Waals surface area contributed by atoms with Crippen molar-refractivity contribution < 1.29 is 0 Å². The van der Waals surface area contributed by atoms with Crippen LogP contribution in [0.15, 0.2) is 42.6 Å². The predicted octanol–water partition coefficient (Wildman–Crippen LogP) is 3.73. The Morgan fingerprint density at radius 1 is 1.00 bits per heavy atom. The summed E-state index contributed by atoms with van der Waals surface area (Å²) in [7, 11) is 0. The monoisotopic (exact) mass is 279 g/mol. The number of nitrogens with zero attached hydrogens (tertiary/aromatic N) is 2. The fourth-order valence-electron chi connectivity index (χ4n) is 2.55. The van der Waals surface area contributed by atoms with Crippen LogP contribution in [0.3, 0.4) is 0 Å². The highest BCUT2D eigenvalue weighted by Crippen LogP contribution is 2.25. The Hall–Kier alpha value is -2.13. The van der Waals surface area contributed by atoms with Crippen molar-refractivity contribution in [2.75, 3.05) is 6.54 Å². The van der Waals surface area contributed by atoms with E-state index in [0.717, 1.165) is 24.4 Å². The van der Waals surface area contributed by atoms with E-state index >= 15 is 0 Å². The lowest BCUT2D eigenvalue weighted by atomic mass is 10.1. The van der Waals surface area contributed by atoms with Crippen LogP contribution in [-0.4, -0.2) is 15.9 Å². The van der Waals surface area contributed by atoms with Crippen LogP contribution in [0.4, 0.5) is 0 Å². The lowest BCUT2D eigenvalue weighted by Gasteiger charge is -2.07. The van der Waals surface area contributed by atoms with E-state index in [1.165, 1.54) is 22.4 Å². The molecule has 1 N–H and O–H groups in total. The van der Waals surface area contributed by atoms with Gasteiger partial charge in [0, 0.05) is 18.3 Å². The maximum atomic E-state index is 4.83. The summed E-state index contributed by atoms with van der Waals surface area (Å²) < 4.78 is 2.20. The van der Waals surface area contributed by atoms with Crippen LogP contribution in [0.1, 0.15) is 23.7 Å². The number of benzene rings is 1. The second kappa shape index (κ2) is 5.70. The largest absolute Gasteiger partial charge is 0.311 e. The lowest BCUT2D eigenvalue weighted by Crippen LogP contribution is -2.14. The zero-order valence-corrected chi connectivity index (χ0v) is 12.9. The molecule has 0 radical (unpaired) electrons. The van der Waals surface area contributed by atoms with Gasteiger partial charge in [0.15, 0.2) is 0 Å². The Labute approximate surface area is 125 Å². The van der Waals surface area contributed by atoms with Gasteiger partial charge in [0.25, 0.3) is 0 Å². The van der Waals surface area contributed by atoms with Gasteiger partial charge in [0.05, 0.1) is 11.4 Å². The molecular weight excluding hydrogens is 258 g/mol. The molecule has 0 atom stereocenters. The Bertz CT molecular complexity index is 754. The van der Waals surface area contributed by atoms with Gasteiger partial charge in [-0.25, -0.2) is 4.98 Å². The average Bonchev–Trinajstić information content (AvgIpc) is 2.83. The van der Waals surface area contributed by atoms with Crippen LogP contribution >= 0.6 is 0 Å². The summed E-state index contributed by atoms with van der Waals surface area (Å²) in [6.45, 7) is 8.12. The summed E-state index contributed by atoms with van der Waals surface area (Å²) in [6.07, 6.45) is 2.16. The van der Waals surface area contributed by atoms with Gasteiger partial charge in [-0.1, -0.05) is 42.8 Å². The molecule has 108 valence electrons. The topological polar surface area (TPSA) is 29.3 Å². The first-order chi connectivity index (χ1) is 10.2. The Kier molecular flexibility index (Phi) is 3.76. The number of fused-ring (bicyclic) bond motifs is 1. The highest BCUT2D eigenvalue weighted by molar-refractivity contribution is 5.67.